The highest BCUT2D eigenvalue weighted by Crippen LogP contribution is 2.68. The molecular formula is C36H46F6N2S. The second kappa shape index (κ2) is 11.6. The van der Waals surface area contributed by atoms with E-state index in [1.807, 2.05) is 0 Å². The summed E-state index contributed by atoms with van der Waals surface area (Å²) >= 11 is 1.36. The first-order valence-corrected chi connectivity index (χ1v) is 17.6. The topological polar surface area (TPSA) is 24.9 Å². The van der Waals surface area contributed by atoms with Gasteiger partial charge in [0.1, 0.15) is 0 Å². The van der Waals surface area contributed by atoms with Gasteiger partial charge in [0.15, 0.2) is 5.13 Å². The fourth-order valence-corrected chi connectivity index (χ4v) is 11.3. The third-order valence-corrected chi connectivity index (χ3v) is 13.4. The molecule has 0 spiro atoms. The molecule has 2 saturated carbocycles. The van der Waals surface area contributed by atoms with Gasteiger partial charge in [0.05, 0.1) is 21.7 Å². The molecule has 0 bridgehead atoms. The summed E-state index contributed by atoms with van der Waals surface area (Å²) in [7, 11) is 0. The third kappa shape index (κ3) is 5.97. The van der Waals surface area contributed by atoms with Crippen LogP contribution in [-0.2, 0) is 18.8 Å². The highest BCUT2D eigenvalue weighted by atomic mass is 32.1. The summed E-state index contributed by atoms with van der Waals surface area (Å²) < 4.78 is 80.7. The van der Waals surface area contributed by atoms with Crippen LogP contribution in [0, 0.1) is 46.3 Å². The van der Waals surface area contributed by atoms with E-state index in [0.29, 0.717) is 22.4 Å². The van der Waals surface area contributed by atoms with Gasteiger partial charge >= 0.3 is 12.4 Å². The van der Waals surface area contributed by atoms with Crippen LogP contribution in [0.5, 0.6) is 0 Å². The van der Waals surface area contributed by atoms with Crippen molar-refractivity contribution < 1.29 is 26.3 Å². The van der Waals surface area contributed by atoms with E-state index in [9.17, 15) is 26.3 Å². The SMILES string of the molecule is CC(C)CCCC(C)C1CCC2C3CC=C4c5sc(Nc6cc(C(F)(F)F)cc(C(F)(F)F)c6)nc5CCC4(C)C3CCC12C. The van der Waals surface area contributed by atoms with E-state index in [4.69, 9.17) is 0 Å². The molecule has 9 heteroatoms. The van der Waals surface area contributed by atoms with Crippen molar-refractivity contribution >= 4 is 27.7 Å². The molecular weight excluding hydrogens is 606 g/mol. The number of nitrogens with zero attached hydrogens (tertiary/aromatic N) is 1. The van der Waals surface area contributed by atoms with Crippen molar-refractivity contribution in [3.05, 3.63) is 46.0 Å². The van der Waals surface area contributed by atoms with E-state index >= 15 is 0 Å². The van der Waals surface area contributed by atoms with Gasteiger partial charge in [-0.15, -0.1) is 0 Å². The number of hydrogen-bond donors (Lipinski definition) is 1. The van der Waals surface area contributed by atoms with Crippen molar-refractivity contribution in [3.63, 3.8) is 0 Å². The van der Waals surface area contributed by atoms with Crippen LogP contribution in [0.4, 0.5) is 37.2 Å². The van der Waals surface area contributed by atoms with E-state index in [0.717, 1.165) is 65.6 Å². The Kier molecular flexibility index (Phi) is 8.47. The van der Waals surface area contributed by atoms with Gasteiger partial charge in [-0.3, -0.25) is 0 Å². The second-order valence-electron chi connectivity index (χ2n) is 15.4. The zero-order chi connectivity index (χ0) is 32.5. The van der Waals surface area contributed by atoms with Crippen molar-refractivity contribution in [3.8, 4) is 0 Å². The lowest BCUT2D eigenvalue weighted by molar-refractivity contribution is -0.143. The standard InChI is InChI=1S/C36H46F6N2S/c1-20(2)7-6-8-21(3)26-11-12-27-25-9-10-29-31-30(14-16-34(29,5)28(25)13-15-33(26,27)4)44-32(45-31)43-24-18-22(35(37,38)39)17-23(19-24)36(40,41)42/h10,17-21,25-28H,6-9,11-16H2,1-5H3,(H,43,44). The zero-order valence-electron chi connectivity index (χ0n) is 27.0. The van der Waals surface area contributed by atoms with Crippen LogP contribution in [0.1, 0.15) is 114 Å². The van der Waals surface area contributed by atoms with Crippen LogP contribution >= 0.6 is 11.3 Å². The molecule has 248 valence electrons. The van der Waals surface area contributed by atoms with Crippen molar-refractivity contribution in [1.82, 2.24) is 4.98 Å². The van der Waals surface area contributed by atoms with Gasteiger partial charge in [0.25, 0.3) is 0 Å². The quantitative estimate of drug-likeness (QED) is 0.301. The smallest absolute Gasteiger partial charge is 0.332 e. The molecule has 0 saturated heterocycles. The molecule has 4 aliphatic rings. The van der Waals surface area contributed by atoms with Gasteiger partial charge in [0, 0.05) is 5.69 Å². The lowest BCUT2D eigenvalue weighted by atomic mass is 9.47. The molecule has 1 N–H and O–H groups in total. The van der Waals surface area contributed by atoms with Gasteiger partial charge in [-0.25, -0.2) is 4.98 Å². The first-order valence-electron chi connectivity index (χ1n) is 16.8. The summed E-state index contributed by atoms with van der Waals surface area (Å²) in [6, 6.07) is 1.61. The van der Waals surface area contributed by atoms with E-state index in [2.05, 4.69) is 51.0 Å². The summed E-state index contributed by atoms with van der Waals surface area (Å²) in [5.41, 5.74) is -0.357. The van der Waals surface area contributed by atoms with Crippen LogP contribution in [0.2, 0.25) is 0 Å². The van der Waals surface area contributed by atoms with Gasteiger partial charge in [-0.05, 0) is 115 Å². The maximum absolute atomic E-state index is 13.5. The van der Waals surface area contributed by atoms with E-state index in [1.54, 1.807) is 0 Å². The Bertz CT molecular complexity index is 1410. The van der Waals surface area contributed by atoms with Gasteiger partial charge in [-0.2, -0.15) is 26.3 Å². The number of nitrogens with one attached hydrogen (secondary N) is 1. The van der Waals surface area contributed by atoms with Crippen molar-refractivity contribution in [2.45, 2.75) is 111 Å². The lowest BCUT2D eigenvalue weighted by Gasteiger charge is -2.57. The lowest BCUT2D eigenvalue weighted by Crippen LogP contribution is -2.49. The van der Waals surface area contributed by atoms with Crippen LogP contribution in [-0.4, -0.2) is 4.98 Å². The van der Waals surface area contributed by atoms with Crippen molar-refractivity contribution in [2.24, 2.45) is 46.3 Å². The predicted octanol–water partition coefficient (Wildman–Crippen LogP) is 12.2. The highest BCUT2D eigenvalue weighted by molar-refractivity contribution is 7.16. The molecule has 7 unspecified atom stereocenters. The first kappa shape index (κ1) is 32.9. The number of allylic oxidation sites excluding steroid dienone is 2. The molecule has 2 nitrogen and oxygen atoms in total. The molecule has 0 radical (unpaired) electrons. The largest absolute Gasteiger partial charge is 0.416 e. The molecule has 7 atom stereocenters. The van der Waals surface area contributed by atoms with Crippen molar-refractivity contribution in [2.75, 3.05) is 5.32 Å². The normalized spacial score (nSPS) is 32.0. The number of rotatable bonds is 7. The number of thiazole rings is 1. The van der Waals surface area contributed by atoms with Gasteiger partial charge < -0.3 is 5.32 Å². The molecule has 0 amide bonds. The highest BCUT2D eigenvalue weighted by Gasteiger charge is 2.59. The minimum atomic E-state index is -4.90. The molecule has 2 aromatic rings. The number of aryl methyl sites for hydroxylation is 1. The van der Waals surface area contributed by atoms with E-state index in [-0.39, 0.29) is 17.2 Å². The summed E-state index contributed by atoms with van der Waals surface area (Å²) in [4.78, 5) is 5.73. The zero-order valence-corrected chi connectivity index (χ0v) is 27.8. The van der Waals surface area contributed by atoms with Gasteiger partial charge in [0.2, 0.25) is 0 Å². The Morgan fingerprint density at radius 1 is 0.911 bits per heavy atom. The number of anilines is 2. The summed E-state index contributed by atoms with van der Waals surface area (Å²) in [5, 5.41) is 3.14. The Hall–Kier alpha value is -2.03. The minimum absolute atomic E-state index is 0.00166. The Morgan fingerprint density at radius 3 is 2.24 bits per heavy atom. The maximum Gasteiger partial charge on any atom is 0.416 e. The molecule has 45 heavy (non-hydrogen) atoms. The summed E-state index contributed by atoms with van der Waals surface area (Å²) in [6.07, 6.45) is 4.46. The number of benzene rings is 1. The van der Waals surface area contributed by atoms with Crippen LogP contribution < -0.4 is 5.32 Å². The Morgan fingerprint density at radius 2 is 1.60 bits per heavy atom. The number of alkyl halides is 6. The van der Waals surface area contributed by atoms with E-state index in [1.165, 1.54) is 61.9 Å². The number of fused-ring (bicyclic) bond motifs is 7. The van der Waals surface area contributed by atoms with Gasteiger partial charge in [-0.1, -0.05) is 71.3 Å². The van der Waals surface area contributed by atoms with E-state index < -0.39 is 23.5 Å². The maximum atomic E-state index is 13.5. The minimum Gasteiger partial charge on any atom is -0.332 e. The average Bonchev–Trinajstić information content (AvgIpc) is 3.51. The molecule has 1 heterocycles. The molecule has 1 aromatic heterocycles. The average molecular weight is 653 g/mol. The third-order valence-electron chi connectivity index (χ3n) is 12.3. The fourth-order valence-electron chi connectivity index (χ4n) is 10.1. The fraction of sp³-hybridized carbons (Fsp3) is 0.694. The van der Waals surface area contributed by atoms with Crippen molar-refractivity contribution in [1.29, 1.82) is 0 Å². The Balaban J connectivity index is 1.23. The number of hydrogen-bond acceptors (Lipinski definition) is 3. The Labute approximate surface area is 267 Å². The number of aromatic nitrogens is 1. The van der Waals surface area contributed by atoms with Crippen LogP contribution in [0.15, 0.2) is 24.3 Å². The molecule has 0 aliphatic heterocycles. The second-order valence-corrected chi connectivity index (χ2v) is 16.4. The van der Waals surface area contributed by atoms with Crippen LogP contribution in [0.3, 0.4) is 0 Å². The number of halogens is 6. The molecule has 1 aromatic carbocycles. The molecule has 2 fully saturated rings. The summed E-state index contributed by atoms with van der Waals surface area (Å²) in [6.45, 7) is 12.1. The monoisotopic (exact) mass is 652 g/mol. The molecule has 6 rings (SSSR count). The summed E-state index contributed by atoms with van der Waals surface area (Å²) in [5.74, 6) is 4.26. The van der Waals surface area contributed by atoms with Crippen LogP contribution in [0.25, 0.3) is 5.57 Å². The first-order chi connectivity index (χ1) is 21.0. The predicted molar refractivity (Wildman–Crippen MR) is 169 cm³/mol. The molecule has 4 aliphatic carbocycles.